The molecule has 4 heteroatoms. The Morgan fingerprint density at radius 3 is 2.50 bits per heavy atom. The number of hydrogen-bond donors (Lipinski definition) is 0. The summed E-state index contributed by atoms with van der Waals surface area (Å²) < 4.78 is 1.99. The van der Waals surface area contributed by atoms with E-state index in [2.05, 4.69) is 21.0 Å². The fourth-order valence-electron chi connectivity index (χ4n) is 2.58. The van der Waals surface area contributed by atoms with Gasteiger partial charge < -0.3 is 0 Å². The summed E-state index contributed by atoms with van der Waals surface area (Å²) in [6, 6.07) is 0. The fraction of sp³-hybridized carbons (Fsp3) is 0.750. The third-order valence-electron chi connectivity index (χ3n) is 3.55. The number of alkyl halides is 1. The molecule has 0 N–H and O–H groups in total. The van der Waals surface area contributed by atoms with Crippen molar-refractivity contribution in [3.8, 4) is 0 Å². The molecule has 1 aliphatic rings. The molecule has 0 radical (unpaired) electrons. The van der Waals surface area contributed by atoms with E-state index in [0.717, 1.165) is 16.9 Å². The van der Waals surface area contributed by atoms with Crippen LogP contribution in [-0.2, 0) is 6.54 Å². The second kappa shape index (κ2) is 5.54. The van der Waals surface area contributed by atoms with Gasteiger partial charge in [0.2, 0.25) is 0 Å². The zero-order valence-electron chi connectivity index (χ0n) is 9.46. The molecule has 1 aromatic rings. The average Bonchev–Trinajstić information content (AvgIpc) is 2.54. The summed E-state index contributed by atoms with van der Waals surface area (Å²) in [6.07, 6.45) is 11.7. The Morgan fingerprint density at radius 2 is 2.00 bits per heavy atom. The van der Waals surface area contributed by atoms with E-state index in [1.807, 2.05) is 10.9 Å². The summed E-state index contributed by atoms with van der Waals surface area (Å²) >= 11 is 9.60. The Labute approximate surface area is 110 Å². The molecule has 1 aliphatic carbocycles. The van der Waals surface area contributed by atoms with Crippen LogP contribution >= 0.6 is 27.5 Å². The van der Waals surface area contributed by atoms with Crippen molar-refractivity contribution in [1.29, 1.82) is 0 Å². The van der Waals surface area contributed by atoms with Crippen molar-refractivity contribution >= 4 is 27.5 Å². The highest BCUT2D eigenvalue weighted by molar-refractivity contribution is 9.09. The van der Waals surface area contributed by atoms with Crippen LogP contribution in [0.4, 0.5) is 0 Å². The molecule has 2 nitrogen and oxygen atoms in total. The first-order valence-corrected chi connectivity index (χ1v) is 7.48. The van der Waals surface area contributed by atoms with Gasteiger partial charge in [-0.3, -0.25) is 4.68 Å². The van der Waals surface area contributed by atoms with Gasteiger partial charge in [-0.1, -0.05) is 53.2 Å². The monoisotopic (exact) mass is 304 g/mol. The first kappa shape index (κ1) is 12.4. The molecule has 1 heterocycles. The van der Waals surface area contributed by atoms with Crippen molar-refractivity contribution < 1.29 is 0 Å². The van der Waals surface area contributed by atoms with Crippen molar-refractivity contribution in [2.75, 3.05) is 5.33 Å². The molecule has 0 bridgehead atoms. The second-order valence-electron chi connectivity index (χ2n) is 4.90. The Hall–Kier alpha value is -0.0200. The van der Waals surface area contributed by atoms with Gasteiger partial charge in [0.05, 0.1) is 11.2 Å². The molecular weight excluding hydrogens is 288 g/mol. The molecule has 0 atom stereocenters. The SMILES string of the molecule is Clc1cnn(CC2(CBr)CCCCCC2)c1. The lowest BCUT2D eigenvalue weighted by molar-refractivity contribution is 0.232. The topological polar surface area (TPSA) is 17.8 Å². The van der Waals surface area contributed by atoms with Crippen LogP contribution in [0.2, 0.25) is 5.02 Å². The number of hydrogen-bond acceptors (Lipinski definition) is 1. The Morgan fingerprint density at radius 1 is 1.31 bits per heavy atom. The van der Waals surface area contributed by atoms with Gasteiger partial charge in [-0.2, -0.15) is 5.10 Å². The second-order valence-corrected chi connectivity index (χ2v) is 5.90. The summed E-state index contributed by atoms with van der Waals surface area (Å²) in [5.41, 5.74) is 0.381. The van der Waals surface area contributed by atoms with Gasteiger partial charge in [-0.25, -0.2) is 0 Å². The molecular formula is C12H18BrClN2. The van der Waals surface area contributed by atoms with E-state index < -0.39 is 0 Å². The standard InChI is InChI=1S/C12H18BrClN2/c13-9-12(5-3-1-2-4-6-12)10-16-8-11(14)7-15-16/h7-8H,1-6,9-10H2. The summed E-state index contributed by atoms with van der Waals surface area (Å²) in [6.45, 7) is 0.991. The normalized spacial score (nSPS) is 20.6. The van der Waals surface area contributed by atoms with Gasteiger partial charge in [-0.05, 0) is 18.3 Å². The Balaban J connectivity index is 2.08. The molecule has 0 amide bonds. The fourth-order valence-corrected chi connectivity index (χ4v) is 3.48. The minimum atomic E-state index is 0.381. The molecule has 2 rings (SSSR count). The lowest BCUT2D eigenvalue weighted by atomic mass is 9.82. The average molecular weight is 306 g/mol. The lowest BCUT2D eigenvalue weighted by Gasteiger charge is -2.30. The molecule has 0 saturated heterocycles. The first-order chi connectivity index (χ1) is 7.74. The molecule has 1 saturated carbocycles. The predicted octanol–water partition coefficient (Wildman–Crippen LogP) is 4.27. The third-order valence-corrected chi connectivity index (χ3v) is 4.93. The van der Waals surface area contributed by atoms with Crippen LogP contribution in [-0.4, -0.2) is 15.1 Å². The molecule has 90 valence electrons. The van der Waals surface area contributed by atoms with Crippen LogP contribution in [0.3, 0.4) is 0 Å². The van der Waals surface area contributed by atoms with Crippen molar-refractivity contribution in [3.05, 3.63) is 17.4 Å². The minimum Gasteiger partial charge on any atom is -0.271 e. The smallest absolute Gasteiger partial charge is 0.0785 e. The van der Waals surface area contributed by atoms with Crippen LogP contribution in [0.1, 0.15) is 38.5 Å². The van der Waals surface area contributed by atoms with Crippen LogP contribution in [0.5, 0.6) is 0 Å². The molecule has 0 spiro atoms. The first-order valence-electron chi connectivity index (χ1n) is 5.98. The van der Waals surface area contributed by atoms with Crippen molar-refractivity contribution in [2.45, 2.75) is 45.1 Å². The minimum absolute atomic E-state index is 0.381. The van der Waals surface area contributed by atoms with Crippen molar-refractivity contribution in [3.63, 3.8) is 0 Å². The van der Waals surface area contributed by atoms with Crippen LogP contribution < -0.4 is 0 Å². The van der Waals surface area contributed by atoms with Crippen LogP contribution in [0, 0.1) is 5.41 Å². The van der Waals surface area contributed by atoms with E-state index in [1.54, 1.807) is 6.20 Å². The molecule has 1 aromatic heterocycles. The van der Waals surface area contributed by atoms with Crippen LogP contribution in [0.15, 0.2) is 12.4 Å². The number of aromatic nitrogens is 2. The van der Waals surface area contributed by atoms with E-state index in [0.29, 0.717) is 5.41 Å². The van der Waals surface area contributed by atoms with Gasteiger partial charge in [-0.15, -0.1) is 0 Å². The van der Waals surface area contributed by atoms with E-state index in [9.17, 15) is 0 Å². The molecule has 16 heavy (non-hydrogen) atoms. The van der Waals surface area contributed by atoms with Gasteiger partial charge in [0, 0.05) is 18.1 Å². The maximum Gasteiger partial charge on any atom is 0.0785 e. The summed E-state index contributed by atoms with van der Waals surface area (Å²) in [4.78, 5) is 0. The predicted molar refractivity (Wildman–Crippen MR) is 71.2 cm³/mol. The van der Waals surface area contributed by atoms with E-state index >= 15 is 0 Å². The van der Waals surface area contributed by atoms with Gasteiger partial charge in [0.1, 0.15) is 0 Å². The van der Waals surface area contributed by atoms with Crippen molar-refractivity contribution in [1.82, 2.24) is 9.78 Å². The quantitative estimate of drug-likeness (QED) is 0.602. The number of rotatable bonds is 3. The summed E-state index contributed by atoms with van der Waals surface area (Å²) in [5.74, 6) is 0. The maximum absolute atomic E-state index is 5.90. The molecule has 0 unspecified atom stereocenters. The zero-order valence-corrected chi connectivity index (χ0v) is 11.8. The largest absolute Gasteiger partial charge is 0.271 e. The van der Waals surface area contributed by atoms with E-state index in [4.69, 9.17) is 11.6 Å². The van der Waals surface area contributed by atoms with Gasteiger partial charge >= 0.3 is 0 Å². The van der Waals surface area contributed by atoms with Crippen molar-refractivity contribution in [2.24, 2.45) is 5.41 Å². The zero-order chi connectivity index (χ0) is 11.4. The number of halogens is 2. The molecule has 1 fully saturated rings. The van der Waals surface area contributed by atoms with Gasteiger partial charge in [0.15, 0.2) is 0 Å². The highest BCUT2D eigenvalue weighted by Gasteiger charge is 2.30. The number of nitrogens with zero attached hydrogens (tertiary/aromatic N) is 2. The van der Waals surface area contributed by atoms with Crippen LogP contribution in [0.25, 0.3) is 0 Å². The Bertz CT molecular complexity index is 330. The highest BCUT2D eigenvalue weighted by atomic mass is 79.9. The van der Waals surface area contributed by atoms with E-state index in [-0.39, 0.29) is 0 Å². The lowest BCUT2D eigenvalue weighted by Crippen LogP contribution is -2.28. The molecule has 0 aliphatic heterocycles. The summed E-state index contributed by atoms with van der Waals surface area (Å²) in [5, 5.41) is 6.10. The Kier molecular flexibility index (Phi) is 4.31. The third kappa shape index (κ3) is 3.01. The van der Waals surface area contributed by atoms with E-state index in [1.165, 1.54) is 38.5 Å². The van der Waals surface area contributed by atoms with Gasteiger partial charge in [0.25, 0.3) is 0 Å². The maximum atomic E-state index is 5.90. The molecule has 0 aromatic carbocycles. The summed E-state index contributed by atoms with van der Waals surface area (Å²) in [7, 11) is 0. The highest BCUT2D eigenvalue weighted by Crippen LogP contribution is 2.38.